The van der Waals surface area contributed by atoms with Gasteiger partial charge < -0.3 is 15.0 Å². The molecule has 31 heavy (non-hydrogen) atoms. The highest BCUT2D eigenvalue weighted by Gasteiger charge is 2.13. The number of benzene rings is 2. The number of para-hydroxylation sites is 1. The molecular formula is C22H20N4O3S2. The van der Waals surface area contributed by atoms with Crippen LogP contribution in [-0.2, 0) is 11.3 Å². The molecule has 7 nitrogen and oxygen atoms in total. The summed E-state index contributed by atoms with van der Waals surface area (Å²) in [6.45, 7) is 2.14. The number of thiazole rings is 1. The maximum Gasteiger partial charge on any atom is 0.262 e. The van der Waals surface area contributed by atoms with E-state index in [-0.39, 0.29) is 24.4 Å². The van der Waals surface area contributed by atoms with Crippen LogP contribution in [0.25, 0.3) is 22.2 Å². The minimum atomic E-state index is -0.232. The van der Waals surface area contributed by atoms with Crippen LogP contribution >= 0.6 is 23.6 Å². The van der Waals surface area contributed by atoms with Crippen molar-refractivity contribution in [1.82, 2.24) is 14.5 Å². The number of hydrogen-bond donors (Lipinski definition) is 2. The molecule has 0 saturated carbocycles. The van der Waals surface area contributed by atoms with E-state index in [1.54, 1.807) is 25.3 Å². The Labute approximate surface area is 187 Å². The van der Waals surface area contributed by atoms with Crippen LogP contribution in [0.1, 0.15) is 11.3 Å². The van der Waals surface area contributed by atoms with Gasteiger partial charge in [-0.2, -0.15) is 0 Å². The zero-order valence-electron chi connectivity index (χ0n) is 17.0. The number of hydrogen-bond acceptors (Lipinski definition) is 6. The summed E-state index contributed by atoms with van der Waals surface area (Å²) in [6, 6.07) is 14.8. The van der Waals surface area contributed by atoms with E-state index in [9.17, 15) is 9.59 Å². The van der Waals surface area contributed by atoms with Crippen LogP contribution in [0, 0.1) is 11.7 Å². The molecule has 0 saturated heterocycles. The number of anilines is 1. The monoisotopic (exact) mass is 452 g/mol. The molecule has 0 atom stereocenters. The summed E-state index contributed by atoms with van der Waals surface area (Å²) in [5.74, 6) is 0.539. The highest BCUT2D eigenvalue weighted by molar-refractivity contribution is 7.71. The number of nitrogens with one attached hydrogen (secondary N) is 2. The summed E-state index contributed by atoms with van der Waals surface area (Å²) in [5, 5.41) is 3.88. The summed E-state index contributed by atoms with van der Waals surface area (Å²) in [4.78, 5) is 33.8. The number of carbonyl (C=O) groups excluding carboxylic acids is 1. The summed E-state index contributed by atoms with van der Waals surface area (Å²) in [7, 11) is 1.62. The van der Waals surface area contributed by atoms with E-state index in [1.165, 1.54) is 15.9 Å². The second-order valence-corrected chi connectivity index (χ2v) is 8.47. The van der Waals surface area contributed by atoms with Gasteiger partial charge in [0.05, 0.1) is 23.7 Å². The molecule has 0 bridgehead atoms. The quantitative estimate of drug-likeness (QED) is 0.420. The fourth-order valence-electron chi connectivity index (χ4n) is 3.26. The van der Waals surface area contributed by atoms with Gasteiger partial charge in [-0.05, 0) is 55.5 Å². The van der Waals surface area contributed by atoms with Crippen LogP contribution in [0.2, 0.25) is 0 Å². The molecule has 2 N–H and O–H groups in total. The van der Waals surface area contributed by atoms with Crippen molar-refractivity contribution in [3.8, 4) is 17.0 Å². The lowest BCUT2D eigenvalue weighted by molar-refractivity contribution is -0.116. The third-order valence-electron chi connectivity index (χ3n) is 4.86. The fraction of sp³-hybridized carbons (Fsp3) is 0.182. The van der Waals surface area contributed by atoms with Gasteiger partial charge in [-0.1, -0.05) is 12.1 Å². The van der Waals surface area contributed by atoms with Crippen molar-refractivity contribution in [3.63, 3.8) is 0 Å². The molecule has 4 aromatic rings. The number of carbonyl (C=O) groups is 1. The number of ether oxygens (including phenoxy) is 1. The van der Waals surface area contributed by atoms with Crippen molar-refractivity contribution in [1.29, 1.82) is 0 Å². The maximum atomic E-state index is 12.7. The molecular weight excluding hydrogens is 432 g/mol. The number of fused-ring (bicyclic) bond motifs is 1. The van der Waals surface area contributed by atoms with Gasteiger partial charge in [0.15, 0.2) is 9.90 Å². The van der Waals surface area contributed by atoms with E-state index >= 15 is 0 Å². The molecule has 158 valence electrons. The van der Waals surface area contributed by atoms with Crippen molar-refractivity contribution in [2.24, 2.45) is 0 Å². The van der Waals surface area contributed by atoms with Gasteiger partial charge >= 0.3 is 0 Å². The first-order valence-electron chi connectivity index (χ1n) is 9.60. The van der Waals surface area contributed by atoms with E-state index in [0.717, 1.165) is 21.9 Å². The van der Waals surface area contributed by atoms with Gasteiger partial charge in [0.2, 0.25) is 5.91 Å². The van der Waals surface area contributed by atoms with Crippen LogP contribution in [0.5, 0.6) is 5.75 Å². The van der Waals surface area contributed by atoms with Crippen LogP contribution in [-0.4, -0.2) is 27.6 Å². The molecule has 2 aromatic heterocycles. The van der Waals surface area contributed by atoms with E-state index in [2.05, 4.69) is 15.3 Å². The molecule has 0 fully saturated rings. The Bertz CT molecular complexity index is 1370. The molecule has 0 aliphatic heterocycles. The zero-order chi connectivity index (χ0) is 22.0. The first-order valence-corrected chi connectivity index (χ1v) is 10.8. The topological polar surface area (TPSA) is 89.0 Å². The normalized spacial score (nSPS) is 10.9. The van der Waals surface area contributed by atoms with Crippen molar-refractivity contribution in [2.45, 2.75) is 19.9 Å². The molecule has 0 unspecified atom stereocenters. The van der Waals surface area contributed by atoms with Crippen molar-refractivity contribution >= 4 is 45.5 Å². The maximum absolute atomic E-state index is 12.7. The number of methoxy groups -OCH3 is 1. The van der Waals surface area contributed by atoms with Crippen LogP contribution in [0.3, 0.4) is 0 Å². The van der Waals surface area contributed by atoms with Gasteiger partial charge in [0.1, 0.15) is 5.75 Å². The highest BCUT2D eigenvalue weighted by atomic mass is 32.1. The fourth-order valence-corrected chi connectivity index (χ4v) is 4.40. The Balaban J connectivity index is 1.47. The average molecular weight is 453 g/mol. The molecule has 0 spiro atoms. The molecule has 0 aliphatic carbocycles. The molecule has 2 heterocycles. The molecule has 0 aliphatic rings. The minimum absolute atomic E-state index is 0.103. The second kappa shape index (κ2) is 8.83. The van der Waals surface area contributed by atoms with Gasteiger partial charge in [0.25, 0.3) is 5.56 Å². The summed E-state index contributed by atoms with van der Waals surface area (Å²) >= 11 is 6.71. The smallest absolute Gasteiger partial charge is 0.262 e. The molecule has 0 radical (unpaired) electrons. The predicted octanol–water partition coefficient (Wildman–Crippen LogP) is 4.53. The highest BCUT2D eigenvalue weighted by Crippen LogP contribution is 2.31. The lowest BCUT2D eigenvalue weighted by Crippen LogP contribution is -2.25. The Morgan fingerprint density at radius 1 is 1.23 bits per heavy atom. The first-order chi connectivity index (χ1) is 15.0. The van der Waals surface area contributed by atoms with Crippen molar-refractivity contribution in [3.05, 3.63) is 68.5 Å². The summed E-state index contributed by atoms with van der Waals surface area (Å²) in [6.07, 6.45) is 0.103. The van der Waals surface area contributed by atoms with E-state index in [0.29, 0.717) is 20.8 Å². The van der Waals surface area contributed by atoms with Crippen LogP contribution in [0.15, 0.2) is 53.3 Å². The van der Waals surface area contributed by atoms with Crippen LogP contribution < -0.4 is 15.6 Å². The summed E-state index contributed by atoms with van der Waals surface area (Å²) in [5.41, 5.74) is 2.24. The number of amides is 1. The van der Waals surface area contributed by atoms with Crippen LogP contribution in [0.4, 0.5) is 5.13 Å². The lowest BCUT2D eigenvalue weighted by Gasteiger charge is -2.08. The standard InChI is InChI=1S/C22H20N4O3S2/c1-13-19(14-7-9-15(29-2)10-8-14)25-21(31-13)24-18(27)11-12-26-20(28)16-5-3-4-6-17(16)23-22(26)30/h3-10H,11-12H2,1-2H3,(H,23,30)(H,24,25,27). The number of nitrogens with zero attached hydrogens (tertiary/aromatic N) is 2. The first kappa shape index (κ1) is 21.0. The molecule has 9 heteroatoms. The predicted molar refractivity (Wildman–Crippen MR) is 125 cm³/mol. The van der Waals surface area contributed by atoms with E-state index in [1.807, 2.05) is 37.3 Å². The van der Waals surface area contributed by atoms with Crippen molar-refractivity contribution < 1.29 is 9.53 Å². The number of aromatic nitrogens is 3. The molecule has 2 aromatic carbocycles. The zero-order valence-corrected chi connectivity index (χ0v) is 18.6. The Hall–Kier alpha value is -3.30. The van der Waals surface area contributed by atoms with Gasteiger partial charge in [-0.25, -0.2) is 4.98 Å². The van der Waals surface area contributed by atoms with Crippen molar-refractivity contribution in [2.75, 3.05) is 12.4 Å². The third-order valence-corrected chi connectivity index (χ3v) is 6.07. The number of aromatic amines is 1. The average Bonchev–Trinajstić information content (AvgIpc) is 3.13. The van der Waals surface area contributed by atoms with Gasteiger partial charge in [-0.15, -0.1) is 11.3 Å². The summed E-state index contributed by atoms with van der Waals surface area (Å²) < 4.78 is 6.89. The minimum Gasteiger partial charge on any atom is -0.497 e. The lowest BCUT2D eigenvalue weighted by atomic mass is 10.1. The van der Waals surface area contributed by atoms with Gasteiger partial charge in [-0.3, -0.25) is 14.2 Å². The number of H-pyrrole nitrogens is 1. The Morgan fingerprint density at radius 2 is 1.97 bits per heavy atom. The Morgan fingerprint density at radius 3 is 2.71 bits per heavy atom. The SMILES string of the molecule is COc1ccc(-c2nc(NC(=O)CCn3c(=S)[nH]c4ccccc4c3=O)sc2C)cc1. The number of aryl methyl sites for hydroxylation is 1. The largest absolute Gasteiger partial charge is 0.497 e. The molecule has 4 rings (SSSR count). The Kier molecular flexibility index (Phi) is 5.97. The van der Waals surface area contributed by atoms with Gasteiger partial charge in [0, 0.05) is 23.4 Å². The second-order valence-electron chi connectivity index (χ2n) is 6.88. The molecule has 1 amide bonds. The number of rotatable bonds is 6. The van der Waals surface area contributed by atoms with E-state index < -0.39 is 0 Å². The van der Waals surface area contributed by atoms with E-state index in [4.69, 9.17) is 17.0 Å². The third kappa shape index (κ3) is 4.42.